The first-order chi connectivity index (χ1) is 12.9. The summed E-state index contributed by atoms with van der Waals surface area (Å²) in [4.78, 5) is 35.0. The summed E-state index contributed by atoms with van der Waals surface area (Å²) in [7, 11) is 0. The van der Waals surface area contributed by atoms with E-state index in [9.17, 15) is 14.7 Å². The van der Waals surface area contributed by atoms with Crippen LogP contribution in [0.1, 0.15) is 46.8 Å². The SMILES string of the molecule is CC(C)CC#Cc1cccc(C(=O)Nc2nc3c(C(=O)O)cccc3[nH]2)n1. The zero-order chi connectivity index (χ0) is 19.4. The van der Waals surface area contributed by atoms with Gasteiger partial charge in [0.05, 0.1) is 11.1 Å². The summed E-state index contributed by atoms with van der Waals surface area (Å²) in [6.07, 6.45) is 0.753. The number of aromatic amines is 1. The van der Waals surface area contributed by atoms with Crippen LogP contribution in [0, 0.1) is 17.8 Å². The van der Waals surface area contributed by atoms with Gasteiger partial charge in [-0.25, -0.2) is 14.8 Å². The topological polar surface area (TPSA) is 108 Å². The van der Waals surface area contributed by atoms with E-state index in [4.69, 9.17) is 0 Å². The Kier molecular flexibility index (Phi) is 5.18. The Morgan fingerprint density at radius 2 is 1.96 bits per heavy atom. The summed E-state index contributed by atoms with van der Waals surface area (Å²) in [5.74, 6) is 5.06. The van der Waals surface area contributed by atoms with E-state index in [1.165, 1.54) is 6.07 Å². The van der Waals surface area contributed by atoms with E-state index in [0.717, 1.165) is 6.42 Å². The molecule has 2 aromatic heterocycles. The molecular formula is C20H18N4O3. The number of amides is 1. The summed E-state index contributed by atoms with van der Waals surface area (Å²) in [5, 5.41) is 11.8. The first kappa shape index (κ1) is 18.1. The maximum Gasteiger partial charge on any atom is 0.337 e. The van der Waals surface area contributed by atoms with Crippen molar-refractivity contribution in [2.75, 3.05) is 5.32 Å². The third-order valence-corrected chi connectivity index (χ3v) is 3.68. The average molecular weight is 362 g/mol. The van der Waals surface area contributed by atoms with E-state index >= 15 is 0 Å². The van der Waals surface area contributed by atoms with Crippen molar-refractivity contribution in [3.05, 3.63) is 53.3 Å². The number of hydrogen-bond acceptors (Lipinski definition) is 4. The molecule has 0 saturated heterocycles. The summed E-state index contributed by atoms with van der Waals surface area (Å²) in [5.41, 5.74) is 1.57. The van der Waals surface area contributed by atoms with E-state index in [0.29, 0.717) is 17.1 Å². The van der Waals surface area contributed by atoms with Gasteiger partial charge in [0.15, 0.2) is 0 Å². The van der Waals surface area contributed by atoms with Crippen LogP contribution in [0.2, 0.25) is 0 Å². The van der Waals surface area contributed by atoms with Crippen molar-refractivity contribution in [2.24, 2.45) is 5.92 Å². The second kappa shape index (κ2) is 7.70. The van der Waals surface area contributed by atoms with Gasteiger partial charge < -0.3 is 10.1 Å². The number of aromatic carboxylic acids is 1. The number of benzene rings is 1. The molecule has 0 unspecified atom stereocenters. The highest BCUT2D eigenvalue weighted by Gasteiger charge is 2.15. The number of aromatic nitrogens is 3. The lowest BCUT2D eigenvalue weighted by Crippen LogP contribution is -2.15. The highest BCUT2D eigenvalue weighted by molar-refractivity contribution is 6.04. The average Bonchev–Trinajstić information content (AvgIpc) is 3.03. The first-order valence-electron chi connectivity index (χ1n) is 8.43. The van der Waals surface area contributed by atoms with Crippen LogP contribution in [0.15, 0.2) is 36.4 Å². The molecule has 0 saturated carbocycles. The van der Waals surface area contributed by atoms with E-state index < -0.39 is 11.9 Å². The molecule has 3 N–H and O–H groups in total. The Labute approximate surface area is 155 Å². The summed E-state index contributed by atoms with van der Waals surface area (Å²) in [6.45, 7) is 4.16. The molecule has 0 aliphatic heterocycles. The maximum atomic E-state index is 12.4. The van der Waals surface area contributed by atoms with E-state index in [1.54, 1.807) is 30.3 Å². The van der Waals surface area contributed by atoms with Gasteiger partial charge in [-0.1, -0.05) is 31.9 Å². The number of H-pyrrole nitrogens is 1. The van der Waals surface area contributed by atoms with Gasteiger partial charge in [0, 0.05) is 6.42 Å². The zero-order valence-corrected chi connectivity index (χ0v) is 14.9. The zero-order valence-electron chi connectivity index (χ0n) is 14.9. The van der Waals surface area contributed by atoms with Gasteiger partial charge in [-0.2, -0.15) is 0 Å². The second-order valence-electron chi connectivity index (χ2n) is 6.35. The molecule has 0 aliphatic rings. The number of nitrogens with one attached hydrogen (secondary N) is 2. The number of hydrogen-bond donors (Lipinski definition) is 3. The van der Waals surface area contributed by atoms with Crippen LogP contribution < -0.4 is 5.32 Å². The van der Waals surface area contributed by atoms with Gasteiger partial charge in [0.2, 0.25) is 5.95 Å². The molecule has 0 bridgehead atoms. The molecule has 7 nitrogen and oxygen atoms in total. The highest BCUT2D eigenvalue weighted by Crippen LogP contribution is 2.19. The number of imidazole rings is 1. The van der Waals surface area contributed by atoms with Gasteiger partial charge in [-0.05, 0) is 36.1 Å². The third-order valence-electron chi connectivity index (χ3n) is 3.68. The number of carboxylic acids is 1. The quantitative estimate of drug-likeness (QED) is 0.617. The Balaban J connectivity index is 1.81. The fraction of sp³-hybridized carbons (Fsp3) is 0.200. The van der Waals surface area contributed by atoms with E-state index in [2.05, 4.69) is 46.0 Å². The van der Waals surface area contributed by atoms with E-state index in [1.807, 2.05) is 0 Å². The van der Waals surface area contributed by atoms with Gasteiger partial charge in [0.25, 0.3) is 5.91 Å². The molecule has 0 spiro atoms. The Bertz CT molecular complexity index is 1070. The number of carboxylic acid groups (broad SMARTS) is 1. The van der Waals surface area contributed by atoms with Gasteiger partial charge in [-0.15, -0.1) is 0 Å². The second-order valence-corrected chi connectivity index (χ2v) is 6.35. The molecule has 2 heterocycles. The van der Waals surface area contributed by atoms with Crippen LogP contribution >= 0.6 is 0 Å². The summed E-state index contributed by atoms with van der Waals surface area (Å²) in [6, 6.07) is 9.78. The molecule has 136 valence electrons. The predicted molar refractivity (Wildman–Crippen MR) is 102 cm³/mol. The number of pyridine rings is 1. The standard InChI is InChI=1S/C20H18N4O3/c1-12(2)6-3-7-13-8-4-11-16(21-13)18(25)24-20-22-15-10-5-9-14(19(26)27)17(15)23-20/h4-5,8-12H,6H2,1-2H3,(H,26,27)(H2,22,23,24,25). The minimum atomic E-state index is -1.08. The number of fused-ring (bicyclic) bond motifs is 1. The van der Waals surface area contributed by atoms with Crippen molar-refractivity contribution >= 4 is 28.9 Å². The number of nitrogens with zero attached hydrogens (tertiary/aromatic N) is 2. The van der Waals surface area contributed by atoms with Crippen molar-refractivity contribution < 1.29 is 14.7 Å². The first-order valence-corrected chi connectivity index (χ1v) is 8.43. The van der Waals surface area contributed by atoms with Crippen LogP contribution in [0.25, 0.3) is 11.0 Å². The largest absolute Gasteiger partial charge is 0.478 e. The minimum Gasteiger partial charge on any atom is -0.478 e. The highest BCUT2D eigenvalue weighted by atomic mass is 16.4. The van der Waals surface area contributed by atoms with Gasteiger partial charge in [0.1, 0.15) is 16.9 Å². The van der Waals surface area contributed by atoms with Crippen molar-refractivity contribution in [3.8, 4) is 11.8 Å². The van der Waals surface area contributed by atoms with Gasteiger partial charge in [-0.3, -0.25) is 10.1 Å². The van der Waals surface area contributed by atoms with E-state index in [-0.39, 0.29) is 22.7 Å². The molecule has 0 aliphatic carbocycles. The number of rotatable bonds is 4. The van der Waals surface area contributed by atoms with Crippen molar-refractivity contribution in [1.82, 2.24) is 15.0 Å². The lowest BCUT2D eigenvalue weighted by Gasteiger charge is -2.01. The summed E-state index contributed by atoms with van der Waals surface area (Å²) < 4.78 is 0. The number of anilines is 1. The fourth-order valence-electron chi connectivity index (χ4n) is 2.41. The summed E-state index contributed by atoms with van der Waals surface area (Å²) >= 11 is 0. The maximum absolute atomic E-state index is 12.4. The number of para-hydroxylation sites is 1. The third kappa shape index (κ3) is 4.30. The molecular weight excluding hydrogens is 344 g/mol. The molecule has 3 aromatic rings. The van der Waals surface area contributed by atoms with Gasteiger partial charge >= 0.3 is 5.97 Å². The Hall–Kier alpha value is -3.66. The lowest BCUT2D eigenvalue weighted by atomic mass is 10.1. The normalized spacial score (nSPS) is 10.5. The molecule has 0 atom stereocenters. The molecule has 3 rings (SSSR count). The molecule has 27 heavy (non-hydrogen) atoms. The van der Waals surface area contributed by atoms with Crippen LogP contribution in [-0.4, -0.2) is 31.9 Å². The molecule has 0 radical (unpaired) electrons. The molecule has 1 aromatic carbocycles. The fourth-order valence-corrected chi connectivity index (χ4v) is 2.41. The monoisotopic (exact) mass is 362 g/mol. The Morgan fingerprint density at radius 3 is 2.70 bits per heavy atom. The lowest BCUT2D eigenvalue weighted by molar-refractivity contribution is 0.0698. The Morgan fingerprint density at radius 1 is 1.19 bits per heavy atom. The number of carbonyl (C=O) groups excluding carboxylic acids is 1. The number of carbonyl (C=O) groups is 2. The molecule has 1 amide bonds. The van der Waals surface area contributed by atoms with Crippen molar-refractivity contribution in [1.29, 1.82) is 0 Å². The molecule has 0 fully saturated rings. The van der Waals surface area contributed by atoms with Crippen LogP contribution in [0.5, 0.6) is 0 Å². The van der Waals surface area contributed by atoms with Crippen LogP contribution in [-0.2, 0) is 0 Å². The smallest absolute Gasteiger partial charge is 0.337 e. The van der Waals surface area contributed by atoms with Crippen LogP contribution in [0.4, 0.5) is 5.95 Å². The predicted octanol–water partition coefficient (Wildman–Crippen LogP) is 3.31. The van der Waals surface area contributed by atoms with Crippen LogP contribution in [0.3, 0.4) is 0 Å². The van der Waals surface area contributed by atoms with Crippen molar-refractivity contribution in [3.63, 3.8) is 0 Å². The minimum absolute atomic E-state index is 0.0600. The molecule has 7 heteroatoms. The van der Waals surface area contributed by atoms with Crippen molar-refractivity contribution in [2.45, 2.75) is 20.3 Å².